The lowest BCUT2D eigenvalue weighted by molar-refractivity contribution is -0.383. The Morgan fingerprint density at radius 1 is 1.10 bits per heavy atom. The van der Waals surface area contributed by atoms with Gasteiger partial charge in [-0.25, -0.2) is 0 Å². The summed E-state index contributed by atoms with van der Waals surface area (Å²) in [6, 6.07) is 12.4. The minimum atomic E-state index is -0.485. The third-order valence-corrected chi connectivity index (χ3v) is 3.20. The maximum absolute atomic E-state index is 11.2. The molecule has 1 heterocycles. The van der Waals surface area contributed by atoms with E-state index in [1.54, 1.807) is 24.5 Å². The zero-order chi connectivity index (χ0) is 14.8. The van der Waals surface area contributed by atoms with Gasteiger partial charge in [0.25, 0.3) is 0 Å². The molecule has 3 aromatic rings. The molecular weight excluding hydrogens is 268 g/mol. The molecule has 1 aromatic heterocycles. The molecule has 0 unspecified atom stereocenters. The van der Waals surface area contributed by atoms with E-state index in [2.05, 4.69) is 10.3 Å². The standard InChI is InChI=1S/C15H12N4O2/c16-12-4-2-6-14(15(12)19(20)21)18-13-5-1-3-10-7-8-17-9-11(10)13/h1-9,18H,16H2. The summed E-state index contributed by atoms with van der Waals surface area (Å²) in [6.07, 6.45) is 3.42. The van der Waals surface area contributed by atoms with Gasteiger partial charge in [0.2, 0.25) is 0 Å². The number of para-hydroxylation sites is 1. The Hall–Kier alpha value is -3.15. The van der Waals surface area contributed by atoms with Gasteiger partial charge in [-0.2, -0.15) is 0 Å². The predicted molar refractivity (Wildman–Crippen MR) is 82.5 cm³/mol. The number of nitrogen functional groups attached to an aromatic ring is 1. The summed E-state index contributed by atoms with van der Waals surface area (Å²) in [5, 5.41) is 16.1. The van der Waals surface area contributed by atoms with Crippen molar-refractivity contribution in [1.82, 2.24) is 4.98 Å². The van der Waals surface area contributed by atoms with Crippen molar-refractivity contribution in [2.45, 2.75) is 0 Å². The lowest BCUT2D eigenvalue weighted by Crippen LogP contribution is -2.01. The van der Waals surface area contributed by atoms with Gasteiger partial charge in [0.1, 0.15) is 11.4 Å². The molecule has 104 valence electrons. The zero-order valence-electron chi connectivity index (χ0n) is 11.0. The highest BCUT2D eigenvalue weighted by Crippen LogP contribution is 2.34. The minimum absolute atomic E-state index is 0.126. The van der Waals surface area contributed by atoms with E-state index < -0.39 is 4.92 Å². The maximum Gasteiger partial charge on any atom is 0.315 e. The third kappa shape index (κ3) is 2.34. The lowest BCUT2D eigenvalue weighted by atomic mass is 10.1. The van der Waals surface area contributed by atoms with E-state index in [4.69, 9.17) is 5.73 Å². The first-order valence-electron chi connectivity index (χ1n) is 6.29. The van der Waals surface area contributed by atoms with Crippen LogP contribution in [0.15, 0.2) is 54.9 Å². The second kappa shape index (κ2) is 5.09. The van der Waals surface area contributed by atoms with Crippen molar-refractivity contribution in [3.63, 3.8) is 0 Å². The molecule has 3 N–H and O–H groups in total. The summed E-state index contributed by atoms with van der Waals surface area (Å²) < 4.78 is 0. The minimum Gasteiger partial charge on any atom is -0.393 e. The van der Waals surface area contributed by atoms with Crippen LogP contribution in [-0.4, -0.2) is 9.91 Å². The van der Waals surface area contributed by atoms with Gasteiger partial charge >= 0.3 is 5.69 Å². The predicted octanol–water partition coefficient (Wildman–Crippen LogP) is 3.47. The number of nitro benzene ring substituents is 1. The topological polar surface area (TPSA) is 94.1 Å². The number of benzene rings is 2. The first-order chi connectivity index (χ1) is 10.2. The fraction of sp³-hybridized carbons (Fsp3) is 0. The monoisotopic (exact) mass is 280 g/mol. The van der Waals surface area contributed by atoms with Gasteiger partial charge in [0.05, 0.1) is 4.92 Å². The summed E-state index contributed by atoms with van der Waals surface area (Å²) in [5.74, 6) is 0. The summed E-state index contributed by atoms with van der Waals surface area (Å²) in [4.78, 5) is 14.8. The molecule has 0 aliphatic carbocycles. The van der Waals surface area contributed by atoms with Crippen molar-refractivity contribution < 1.29 is 4.92 Å². The second-order valence-corrected chi connectivity index (χ2v) is 4.53. The molecule has 0 aliphatic heterocycles. The van der Waals surface area contributed by atoms with E-state index in [-0.39, 0.29) is 11.4 Å². The Morgan fingerprint density at radius 2 is 1.86 bits per heavy atom. The van der Waals surface area contributed by atoms with Crippen LogP contribution < -0.4 is 11.1 Å². The normalized spacial score (nSPS) is 10.5. The summed E-state index contributed by atoms with van der Waals surface area (Å²) in [7, 11) is 0. The molecule has 0 fully saturated rings. The van der Waals surface area contributed by atoms with Gasteiger partial charge in [-0.3, -0.25) is 15.1 Å². The molecule has 0 spiro atoms. The number of rotatable bonds is 3. The third-order valence-electron chi connectivity index (χ3n) is 3.20. The summed E-state index contributed by atoms with van der Waals surface area (Å²) in [6.45, 7) is 0. The Kier molecular flexibility index (Phi) is 3.12. The average Bonchev–Trinajstić information content (AvgIpc) is 2.47. The highest BCUT2D eigenvalue weighted by atomic mass is 16.6. The number of nitrogens with one attached hydrogen (secondary N) is 1. The van der Waals surface area contributed by atoms with E-state index in [1.807, 2.05) is 24.3 Å². The number of nitrogens with zero attached hydrogens (tertiary/aromatic N) is 2. The Labute approximate surface area is 120 Å². The van der Waals surface area contributed by atoms with Crippen LogP contribution in [0.25, 0.3) is 10.8 Å². The molecule has 0 aliphatic rings. The molecule has 6 nitrogen and oxygen atoms in total. The largest absolute Gasteiger partial charge is 0.393 e. The average molecular weight is 280 g/mol. The van der Waals surface area contributed by atoms with Gasteiger partial charge in [0, 0.05) is 23.5 Å². The molecule has 0 amide bonds. The number of anilines is 3. The van der Waals surface area contributed by atoms with Gasteiger partial charge < -0.3 is 11.1 Å². The molecule has 0 atom stereocenters. The molecular formula is C15H12N4O2. The van der Waals surface area contributed by atoms with Crippen molar-refractivity contribution in [3.05, 3.63) is 65.0 Å². The first kappa shape index (κ1) is 12.9. The van der Waals surface area contributed by atoms with Crippen molar-refractivity contribution in [3.8, 4) is 0 Å². The van der Waals surface area contributed by atoms with Crippen LogP contribution in [0.2, 0.25) is 0 Å². The van der Waals surface area contributed by atoms with Crippen LogP contribution >= 0.6 is 0 Å². The number of pyridine rings is 1. The second-order valence-electron chi connectivity index (χ2n) is 4.53. The fourth-order valence-electron chi connectivity index (χ4n) is 2.23. The highest BCUT2D eigenvalue weighted by Gasteiger charge is 2.18. The van der Waals surface area contributed by atoms with Crippen LogP contribution in [0.1, 0.15) is 0 Å². The van der Waals surface area contributed by atoms with Gasteiger partial charge in [-0.1, -0.05) is 18.2 Å². The number of aromatic nitrogens is 1. The van der Waals surface area contributed by atoms with Crippen LogP contribution in [0, 0.1) is 10.1 Å². The first-order valence-corrected chi connectivity index (χ1v) is 6.29. The van der Waals surface area contributed by atoms with Crippen molar-refractivity contribution in [2.75, 3.05) is 11.1 Å². The lowest BCUT2D eigenvalue weighted by Gasteiger charge is -2.10. The molecule has 3 rings (SSSR count). The molecule has 2 aromatic carbocycles. The summed E-state index contributed by atoms with van der Waals surface area (Å²) in [5.41, 5.74) is 6.80. The maximum atomic E-state index is 11.2. The van der Waals surface area contributed by atoms with Gasteiger partial charge in [-0.15, -0.1) is 0 Å². The molecule has 0 radical (unpaired) electrons. The van der Waals surface area contributed by atoms with E-state index in [9.17, 15) is 10.1 Å². The number of nitrogens with two attached hydrogens (primary N) is 1. The summed E-state index contributed by atoms with van der Waals surface area (Å²) >= 11 is 0. The van der Waals surface area contributed by atoms with Gasteiger partial charge in [0.15, 0.2) is 0 Å². The fourth-order valence-corrected chi connectivity index (χ4v) is 2.23. The van der Waals surface area contributed by atoms with Gasteiger partial charge in [-0.05, 0) is 29.7 Å². The molecule has 0 saturated heterocycles. The number of hydrogen-bond acceptors (Lipinski definition) is 5. The number of nitro groups is 1. The van der Waals surface area contributed by atoms with Crippen LogP contribution in [0.5, 0.6) is 0 Å². The Bertz CT molecular complexity index is 828. The van der Waals surface area contributed by atoms with Crippen LogP contribution in [-0.2, 0) is 0 Å². The smallest absolute Gasteiger partial charge is 0.315 e. The van der Waals surface area contributed by atoms with Crippen molar-refractivity contribution >= 4 is 33.5 Å². The van der Waals surface area contributed by atoms with E-state index in [0.29, 0.717) is 5.69 Å². The Balaban J connectivity index is 2.12. The van der Waals surface area contributed by atoms with E-state index in [1.165, 1.54) is 6.07 Å². The van der Waals surface area contributed by atoms with Crippen LogP contribution in [0.3, 0.4) is 0 Å². The van der Waals surface area contributed by atoms with E-state index >= 15 is 0 Å². The molecule has 21 heavy (non-hydrogen) atoms. The molecule has 0 bridgehead atoms. The van der Waals surface area contributed by atoms with Crippen molar-refractivity contribution in [2.24, 2.45) is 0 Å². The van der Waals surface area contributed by atoms with E-state index in [0.717, 1.165) is 16.5 Å². The molecule has 0 saturated carbocycles. The number of hydrogen-bond donors (Lipinski definition) is 2. The number of fused-ring (bicyclic) bond motifs is 1. The van der Waals surface area contributed by atoms with Crippen LogP contribution in [0.4, 0.5) is 22.7 Å². The Morgan fingerprint density at radius 3 is 2.67 bits per heavy atom. The van der Waals surface area contributed by atoms with Crippen molar-refractivity contribution in [1.29, 1.82) is 0 Å². The quantitative estimate of drug-likeness (QED) is 0.435. The SMILES string of the molecule is Nc1cccc(Nc2cccc3ccncc23)c1[N+](=O)[O-]. The molecule has 6 heteroatoms. The zero-order valence-corrected chi connectivity index (χ0v) is 11.0. The highest BCUT2D eigenvalue weighted by molar-refractivity contribution is 5.95.